The second-order valence-corrected chi connectivity index (χ2v) is 19.1. The molecule has 2 aromatic carbocycles. The molecule has 8 rings (SSSR count). The predicted octanol–water partition coefficient (Wildman–Crippen LogP) is 8.15. The molecule has 3 aromatic rings. The van der Waals surface area contributed by atoms with Crippen molar-refractivity contribution in [1.82, 2.24) is 4.98 Å². The van der Waals surface area contributed by atoms with Crippen LogP contribution in [0.3, 0.4) is 0 Å². The number of hydrogen-bond acceptors (Lipinski definition) is 14. The molecule has 2 heterocycles. The number of fused-ring (bicyclic) bond motifs is 2. The van der Waals surface area contributed by atoms with Crippen LogP contribution >= 0.6 is 11.3 Å². The molecule has 0 radical (unpaired) electrons. The third kappa shape index (κ3) is 9.78. The van der Waals surface area contributed by atoms with Gasteiger partial charge >= 0.3 is 23.9 Å². The molecule has 4 saturated carbocycles. The summed E-state index contributed by atoms with van der Waals surface area (Å²) in [7, 11) is 0. The van der Waals surface area contributed by atoms with Crippen molar-refractivity contribution >= 4 is 73.9 Å². The van der Waals surface area contributed by atoms with E-state index in [1.165, 1.54) is 12.1 Å². The summed E-state index contributed by atoms with van der Waals surface area (Å²) in [5, 5.41) is 0.125. The molecular weight excluding hydrogens is 829 g/mol. The standard InChI is InChI=1S/C48H54N2O12S/c1-26(51)29-11-15-31(16-12-29)44(55)59-25-28-7-9-32(10-8-28)46(57)61-37-23-24-38(41-40(37)42(53)50(43(41)54)48-49-36-5-3-4-6-39(36)63-48)62-47(58)34-19-21-35(22-20-34)60-45(56)33-17-13-30(14-18-33)27(2)52/h3-6,23-24,28-35H,7-22,25H2,1-2H3. The third-order valence-corrected chi connectivity index (χ3v) is 15.1. The molecule has 0 N–H and O–H groups in total. The molecule has 1 aliphatic heterocycles. The first-order valence-electron chi connectivity index (χ1n) is 22.6. The molecule has 4 aliphatic carbocycles. The lowest BCUT2D eigenvalue weighted by molar-refractivity contribution is -0.158. The summed E-state index contributed by atoms with van der Waals surface area (Å²) in [5.74, 6) is -4.42. The molecular formula is C48H54N2O12S. The average molecular weight is 883 g/mol. The van der Waals surface area contributed by atoms with E-state index in [0.29, 0.717) is 108 Å². The fourth-order valence-electron chi connectivity index (χ4n) is 10.0. The molecule has 14 nitrogen and oxygen atoms in total. The van der Waals surface area contributed by atoms with Crippen LogP contribution in [0.25, 0.3) is 10.2 Å². The third-order valence-electron chi connectivity index (χ3n) is 14.1. The number of carbonyl (C=O) groups excluding carboxylic acids is 8. The number of ether oxygens (including phenoxy) is 4. The zero-order chi connectivity index (χ0) is 44.4. The van der Waals surface area contributed by atoms with Crippen LogP contribution in [-0.2, 0) is 38.2 Å². The van der Waals surface area contributed by atoms with Crippen LogP contribution in [0, 0.1) is 41.4 Å². The van der Waals surface area contributed by atoms with Gasteiger partial charge in [0.25, 0.3) is 11.8 Å². The Balaban J connectivity index is 0.904. The first-order valence-corrected chi connectivity index (χ1v) is 23.4. The summed E-state index contributed by atoms with van der Waals surface area (Å²) in [6, 6.07) is 9.97. The number of carbonyl (C=O) groups is 8. The number of thiazole rings is 1. The van der Waals surface area contributed by atoms with Crippen molar-refractivity contribution in [1.29, 1.82) is 0 Å². The molecule has 4 fully saturated rings. The van der Waals surface area contributed by atoms with Gasteiger partial charge in [-0.2, -0.15) is 0 Å². The summed E-state index contributed by atoms with van der Waals surface area (Å²) >= 11 is 1.15. The number of imide groups is 1. The number of rotatable bonds is 12. The highest BCUT2D eigenvalue weighted by Crippen LogP contribution is 2.43. The summed E-state index contributed by atoms with van der Waals surface area (Å²) in [4.78, 5) is 111. The smallest absolute Gasteiger partial charge is 0.314 e. The fraction of sp³-hybridized carbons (Fsp3) is 0.562. The molecule has 1 aromatic heterocycles. The van der Waals surface area contributed by atoms with Crippen molar-refractivity contribution in [3.05, 3.63) is 47.5 Å². The SMILES string of the molecule is CC(=O)C1CCC(C(=O)OCC2CCC(C(=O)Oc3ccc(OC(=O)C4CCC(OC(=O)C5CCC(C(C)=O)CC5)CC4)c4c3C(=O)N(c3nc5ccccc5s3)C4=O)CC2)CC1. The van der Waals surface area contributed by atoms with Gasteiger partial charge in [-0.25, -0.2) is 9.88 Å². The van der Waals surface area contributed by atoms with E-state index in [1.54, 1.807) is 26.0 Å². The predicted molar refractivity (Wildman–Crippen MR) is 229 cm³/mol. The summed E-state index contributed by atoms with van der Waals surface area (Å²) < 4.78 is 24.1. The van der Waals surface area contributed by atoms with Crippen molar-refractivity contribution in [2.45, 2.75) is 123 Å². The van der Waals surface area contributed by atoms with Crippen LogP contribution in [0.2, 0.25) is 0 Å². The van der Waals surface area contributed by atoms with Gasteiger partial charge in [0, 0.05) is 11.8 Å². The lowest BCUT2D eigenvalue weighted by Crippen LogP contribution is -2.33. The van der Waals surface area contributed by atoms with Crippen molar-refractivity contribution in [2.75, 3.05) is 11.5 Å². The van der Waals surface area contributed by atoms with Crippen molar-refractivity contribution < 1.29 is 57.3 Å². The molecule has 0 unspecified atom stereocenters. The fourth-order valence-corrected chi connectivity index (χ4v) is 11.0. The lowest BCUT2D eigenvalue weighted by Gasteiger charge is -2.30. The highest BCUT2D eigenvalue weighted by molar-refractivity contribution is 7.22. The van der Waals surface area contributed by atoms with Gasteiger partial charge in [-0.05, 0) is 147 Å². The zero-order valence-corrected chi connectivity index (χ0v) is 36.6. The Kier molecular flexibility index (Phi) is 13.5. The van der Waals surface area contributed by atoms with E-state index in [4.69, 9.17) is 18.9 Å². The Morgan fingerprint density at radius 2 is 1.02 bits per heavy atom. The van der Waals surface area contributed by atoms with Crippen LogP contribution in [0.1, 0.15) is 137 Å². The second kappa shape index (κ2) is 19.2. The Labute approximate surface area is 369 Å². The first kappa shape index (κ1) is 44.3. The maximum Gasteiger partial charge on any atom is 0.314 e. The summed E-state index contributed by atoms with van der Waals surface area (Å²) in [6.45, 7) is 3.45. The van der Waals surface area contributed by atoms with Crippen molar-refractivity contribution in [2.24, 2.45) is 41.4 Å². The number of para-hydroxylation sites is 1. The van der Waals surface area contributed by atoms with Crippen LogP contribution in [-0.4, -0.2) is 65.0 Å². The summed E-state index contributed by atoms with van der Waals surface area (Å²) in [5.41, 5.74) is 0.209. The van der Waals surface area contributed by atoms with Gasteiger partial charge in [0.1, 0.15) is 29.2 Å². The van der Waals surface area contributed by atoms with E-state index >= 15 is 0 Å². The normalized spacial score (nSPS) is 27.3. The molecule has 63 heavy (non-hydrogen) atoms. The molecule has 334 valence electrons. The average Bonchev–Trinajstić information content (AvgIpc) is 3.84. The zero-order valence-electron chi connectivity index (χ0n) is 35.8. The molecule has 0 atom stereocenters. The van der Waals surface area contributed by atoms with Gasteiger partial charge in [-0.15, -0.1) is 0 Å². The Bertz CT molecular complexity index is 2250. The molecule has 15 heteroatoms. The highest BCUT2D eigenvalue weighted by atomic mass is 32.1. The van der Waals surface area contributed by atoms with E-state index < -0.39 is 35.6 Å². The van der Waals surface area contributed by atoms with Gasteiger partial charge in [0.15, 0.2) is 0 Å². The number of esters is 4. The largest absolute Gasteiger partial charge is 0.465 e. The summed E-state index contributed by atoms with van der Waals surface area (Å²) in [6.07, 6.45) is 8.91. The molecule has 5 aliphatic rings. The van der Waals surface area contributed by atoms with Crippen LogP contribution in [0.4, 0.5) is 5.13 Å². The Hall–Kier alpha value is -5.31. The van der Waals surface area contributed by atoms with E-state index in [1.807, 2.05) is 12.1 Å². The number of aromatic nitrogens is 1. The lowest BCUT2D eigenvalue weighted by atomic mass is 9.80. The van der Waals surface area contributed by atoms with Crippen molar-refractivity contribution in [3.8, 4) is 11.5 Å². The number of hydrogen-bond donors (Lipinski definition) is 0. The van der Waals surface area contributed by atoms with Gasteiger partial charge in [0.05, 0.1) is 51.6 Å². The van der Waals surface area contributed by atoms with Gasteiger partial charge < -0.3 is 18.9 Å². The number of Topliss-reactive ketones (excluding diaryl/α,β-unsaturated/α-hetero) is 2. The first-order chi connectivity index (χ1) is 30.3. The van der Waals surface area contributed by atoms with Gasteiger partial charge in [-0.1, -0.05) is 23.5 Å². The molecule has 0 bridgehead atoms. The van der Waals surface area contributed by atoms with Crippen molar-refractivity contribution in [3.63, 3.8) is 0 Å². The maximum absolute atomic E-state index is 14.2. The number of amides is 2. The topological polar surface area (TPSA) is 190 Å². The van der Waals surface area contributed by atoms with E-state index in [9.17, 15) is 38.4 Å². The van der Waals surface area contributed by atoms with Gasteiger partial charge in [0.2, 0.25) is 5.13 Å². The molecule has 2 amide bonds. The molecule has 0 saturated heterocycles. The van der Waals surface area contributed by atoms with Gasteiger partial charge in [-0.3, -0.25) is 38.4 Å². The molecule has 0 spiro atoms. The number of ketones is 2. The number of benzene rings is 2. The minimum atomic E-state index is -0.760. The quantitative estimate of drug-likeness (QED) is 0.0963. The van der Waals surface area contributed by atoms with Crippen LogP contribution in [0.5, 0.6) is 11.5 Å². The highest BCUT2D eigenvalue weighted by Gasteiger charge is 2.45. The van der Waals surface area contributed by atoms with E-state index in [-0.39, 0.29) is 93.6 Å². The maximum atomic E-state index is 14.2. The van der Waals surface area contributed by atoms with Crippen LogP contribution < -0.4 is 14.4 Å². The minimum absolute atomic E-state index is 0.00588. The van der Waals surface area contributed by atoms with E-state index in [0.717, 1.165) is 20.9 Å². The minimum Gasteiger partial charge on any atom is -0.465 e. The monoisotopic (exact) mass is 882 g/mol. The number of nitrogens with zero attached hydrogens (tertiary/aromatic N) is 2. The number of anilines is 1. The Morgan fingerprint density at radius 1 is 0.571 bits per heavy atom. The Morgan fingerprint density at radius 3 is 1.52 bits per heavy atom. The van der Waals surface area contributed by atoms with E-state index in [2.05, 4.69) is 4.98 Å². The second-order valence-electron chi connectivity index (χ2n) is 18.1. The van der Waals surface area contributed by atoms with Crippen LogP contribution in [0.15, 0.2) is 36.4 Å².